The minimum atomic E-state index is 0.0330. The molecular weight excluding hydrogens is 424 g/mol. The molecule has 0 bridgehead atoms. The number of aromatic nitrogens is 4. The number of fused-ring (bicyclic) bond motifs is 1. The van der Waals surface area contributed by atoms with Gasteiger partial charge in [0.15, 0.2) is 0 Å². The average molecular weight is 455 g/mol. The predicted molar refractivity (Wildman–Crippen MR) is 134 cm³/mol. The molecule has 1 aromatic carbocycles. The lowest BCUT2D eigenvalue weighted by atomic mass is 9.62. The van der Waals surface area contributed by atoms with Gasteiger partial charge in [0, 0.05) is 42.0 Å². The van der Waals surface area contributed by atoms with Gasteiger partial charge in [-0.05, 0) is 43.4 Å². The van der Waals surface area contributed by atoms with Crippen LogP contribution < -0.4 is 4.90 Å². The van der Waals surface area contributed by atoms with Gasteiger partial charge in [0.2, 0.25) is 5.91 Å². The Balaban J connectivity index is 1.45. The van der Waals surface area contributed by atoms with E-state index in [-0.39, 0.29) is 17.4 Å². The Bertz CT molecular complexity index is 1310. The molecule has 1 unspecified atom stereocenters. The second-order valence-electron chi connectivity index (χ2n) is 9.86. The van der Waals surface area contributed by atoms with Gasteiger partial charge in [-0.2, -0.15) is 5.10 Å². The van der Waals surface area contributed by atoms with Gasteiger partial charge in [0.05, 0.1) is 23.0 Å². The number of benzene rings is 1. The Labute approximate surface area is 200 Å². The van der Waals surface area contributed by atoms with E-state index in [1.54, 1.807) is 6.33 Å². The minimum Gasteiger partial charge on any atom is -0.355 e. The number of rotatable bonds is 4. The number of terminal acetylenes is 1. The van der Waals surface area contributed by atoms with E-state index in [2.05, 4.69) is 64.4 Å². The number of nitrogens with one attached hydrogen (secondary N) is 1. The molecule has 174 valence electrons. The zero-order chi connectivity index (χ0) is 24.0. The monoisotopic (exact) mass is 454 g/mol. The molecule has 7 heteroatoms. The lowest BCUT2D eigenvalue weighted by Gasteiger charge is -2.62. The molecule has 3 aromatic rings. The first-order chi connectivity index (χ1) is 16.4. The zero-order valence-electron chi connectivity index (χ0n) is 20.0. The van der Waals surface area contributed by atoms with Crippen molar-refractivity contribution in [1.82, 2.24) is 25.1 Å². The molecule has 0 aliphatic carbocycles. The molecule has 0 radical (unpaired) electrons. The fourth-order valence-electron chi connectivity index (χ4n) is 6.15. The predicted octanol–water partition coefficient (Wildman–Crippen LogP) is 3.95. The number of hydrogen-bond donors (Lipinski definition) is 1. The lowest BCUT2D eigenvalue weighted by molar-refractivity contribution is -0.158. The van der Waals surface area contributed by atoms with Crippen LogP contribution in [0.1, 0.15) is 37.8 Å². The fraction of sp³-hybridized carbons (Fsp3) is 0.407. The van der Waals surface area contributed by atoms with Crippen LogP contribution in [0.25, 0.3) is 22.2 Å². The Morgan fingerprint density at radius 2 is 2.09 bits per heavy atom. The summed E-state index contributed by atoms with van der Waals surface area (Å²) < 4.78 is 0. The van der Waals surface area contributed by atoms with Gasteiger partial charge in [-0.3, -0.25) is 9.89 Å². The second-order valence-corrected chi connectivity index (χ2v) is 9.86. The second kappa shape index (κ2) is 8.28. The van der Waals surface area contributed by atoms with Crippen LogP contribution in [0.3, 0.4) is 0 Å². The maximum absolute atomic E-state index is 12.3. The molecule has 5 rings (SSSR count). The molecule has 2 saturated heterocycles. The summed E-state index contributed by atoms with van der Waals surface area (Å²) in [5.41, 5.74) is 4.67. The SMILES string of the molecule is C#Cc1c(-c2c(C)ccc3[nH]ncc23)ncnc1N1CCC2(CC1)CN(C(=O)C=C)C2C(C)C. The van der Waals surface area contributed by atoms with Gasteiger partial charge in [0.25, 0.3) is 0 Å². The van der Waals surface area contributed by atoms with E-state index in [1.165, 1.54) is 6.08 Å². The van der Waals surface area contributed by atoms with Crippen molar-refractivity contribution in [2.45, 2.75) is 39.7 Å². The Kier molecular flexibility index (Phi) is 5.40. The summed E-state index contributed by atoms with van der Waals surface area (Å²) in [5.74, 6) is 4.13. The molecule has 2 fully saturated rings. The van der Waals surface area contributed by atoms with Crippen molar-refractivity contribution >= 4 is 22.6 Å². The smallest absolute Gasteiger partial charge is 0.246 e. The van der Waals surface area contributed by atoms with E-state index in [9.17, 15) is 4.79 Å². The van der Waals surface area contributed by atoms with Gasteiger partial charge in [-0.15, -0.1) is 6.42 Å². The number of piperidine rings is 1. The van der Waals surface area contributed by atoms with Gasteiger partial charge in [-0.25, -0.2) is 9.97 Å². The summed E-state index contributed by atoms with van der Waals surface area (Å²) >= 11 is 0. The van der Waals surface area contributed by atoms with Crippen LogP contribution in [0.5, 0.6) is 0 Å². The van der Waals surface area contributed by atoms with Crippen molar-refractivity contribution in [3.63, 3.8) is 0 Å². The quantitative estimate of drug-likeness (QED) is 0.477. The van der Waals surface area contributed by atoms with Gasteiger partial charge >= 0.3 is 0 Å². The zero-order valence-corrected chi connectivity index (χ0v) is 20.0. The van der Waals surface area contributed by atoms with Crippen molar-refractivity contribution in [1.29, 1.82) is 0 Å². The van der Waals surface area contributed by atoms with E-state index in [0.29, 0.717) is 11.5 Å². The third-order valence-corrected chi connectivity index (χ3v) is 7.64. The summed E-state index contributed by atoms with van der Waals surface area (Å²) in [6.07, 6.45) is 12.9. The number of carbonyl (C=O) groups is 1. The molecular formula is C27H30N6O. The molecule has 1 spiro atoms. The van der Waals surface area contributed by atoms with Gasteiger partial charge in [-0.1, -0.05) is 32.4 Å². The molecule has 0 saturated carbocycles. The first kappa shape index (κ1) is 22.1. The summed E-state index contributed by atoms with van der Waals surface area (Å²) in [4.78, 5) is 25.8. The maximum Gasteiger partial charge on any atom is 0.246 e. The lowest BCUT2D eigenvalue weighted by Crippen LogP contribution is -2.70. The van der Waals surface area contributed by atoms with E-state index in [4.69, 9.17) is 6.42 Å². The van der Waals surface area contributed by atoms with Crippen molar-refractivity contribution in [2.24, 2.45) is 11.3 Å². The Morgan fingerprint density at radius 3 is 2.76 bits per heavy atom. The summed E-state index contributed by atoms with van der Waals surface area (Å²) in [5, 5.41) is 8.24. The average Bonchev–Trinajstić information content (AvgIpc) is 3.30. The molecule has 2 aliphatic rings. The van der Waals surface area contributed by atoms with Crippen molar-refractivity contribution in [2.75, 3.05) is 24.5 Å². The van der Waals surface area contributed by atoms with Crippen LogP contribution in [0.15, 0.2) is 37.3 Å². The molecule has 2 aliphatic heterocycles. The first-order valence-corrected chi connectivity index (χ1v) is 11.8. The van der Waals surface area contributed by atoms with E-state index < -0.39 is 0 Å². The van der Waals surface area contributed by atoms with Gasteiger partial charge < -0.3 is 9.80 Å². The highest BCUT2D eigenvalue weighted by molar-refractivity contribution is 5.97. The third kappa shape index (κ3) is 3.28. The van der Waals surface area contributed by atoms with Crippen molar-refractivity contribution < 1.29 is 4.79 Å². The largest absolute Gasteiger partial charge is 0.355 e. The van der Waals surface area contributed by atoms with Crippen molar-refractivity contribution in [3.8, 4) is 23.6 Å². The fourth-order valence-corrected chi connectivity index (χ4v) is 6.15. The number of hydrogen-bond acceptors (Lipinski definition) is 5. The topological polar surface area (TPSA) is 78.0 Å². The number of anilines is 1. The summed E-state index contributed by atoms with van der Waals surface area (Å²) in [7, 11) is 0. The van der Waals surface area contributed by atoms with Crippen LogP contribution in [-0.2, 0) is 4.79 Å². The molecule has 34 heavy (non-hydrogen) atoms. The van der Waals surface area contributed by atoms with Crippen LogP contribution in [0.2, 0.25) is 0 Å². The van der Waals surface area contributed by atoms with Crippen LogP contribution in [0, 0.1) is 30.6 Å². The number of nitrogens with zero attached hydrogens (tertiary/aromatic N) is 5. The maximum atomic E-state index is 12.3. The molecule has 4 heterocycles. The van der Waals surface area contributed by atoms with Crippen molar-refractivity contribution in [3.05, 3.63) is 48.4 Å². The Morgan fingerprint density at radius 1 is 1.32 bits per heavy atom. The number of carbonyl (C=O) groups excluding carboxylic acids is 1. The molecule has 1 amide bonds. The van der Waals surface area contributed by atoms with Crippen LogP contribution in [0.4, 0.5) is 5.82 Å². The number of aryl methyl sites for hydroxylation is 1. The van der Waals surface area contributed by atoms with Crippen LogP contribution >= 0.6 is 0 Å². The summed E-state index contributed by atoms with van der Waals surface area (Å²) in [6.45, 7) is 12.6. The van der Waals surface area contributed by atoms with E-state index in [1.807, 2.05) is 17.2 Å². The van der Waals surface area contributed by atoms with E-state index >= 15 is 0 Å². The number of likely N-dealkylation sites (tertiary alicyclic amines) is 1. The highest BCUT2D eigenvalue weighted by Crippen LogP contribution is 2.50. The highest BCUT2D eigenvalue weighted by atomic mass is 16.2. The number of amides is 1. The number of H-pyrrole nitrogens is 1. The molecule has 7 nitrogen and oxygen atoms in total. The van der Waals surface area contributed by atoms with E-state index in [0.717, 1.165) is 66.0 Å². The summed E-state index contributed by atoms with van der Waals surface area (Å²) in [6, 6.07) is 4.32. The standard InChI is InChI=1S/C27H30N6O/c1-6-19-24(23-18(5)8-9-21-20(23)14-30-31-21)28-16-29-26(19)32-12-10-27(11-13-32)15-33(22(34)7-2)25(27)17(3)4/h1,7-9,14,16-17,25H,2,10-13,15H2,3-5H3,(H,30,31). The third-order valence-electron chi connectivity index (χ3n) is 7.64. The highest BCUT2D eigenvalue weighted by Gasteiger charge is 2.55. The minimum absolute atomic E-state index is 0.0330. The first-order valence-electron chi connectivity index (χ1n) is 11.8. The number of aromatic amines is 1. The molecule has 1 atom stereocenters. The normalized spacial score (nSPS) is 19.3. The molecule has 2 aromatic heterocycles. The van der Waals surface area contributed by atoms with Crippen LogP contribution in [-0.4, -0.2) is 56.6 Å². The van der Waals surface area contributed by atoms with Gasteiger partial charge in [0.1, 0.15) is 12.1 Å². The Hall–Kier alpha value is -3.66. The molecule has 1 N–H and O–H groups in total.